The number of piperazine rings is 1. The first-order valence-corrected chi connectivity index (χ1v) is 8.24. The number of halogens is 1. The van der Waals surface area contributed by atoms with Crippen molar-refractivity contribution in [3.63, 3.8) is 0 Å². The highest BCUT2D eigenvalue weighted by molar-refractivity contribution is 6.30. The molecule has 0 unspecified atom stereocenters. The molecule has 24 heavy (non-hydrogen) atoms. The van der Waals surface area contributed by atoms with Crippen molar-refractivity contribution in [2.45, 2.75) is 0 Å². The van der Waals surface area contributed by atoms with Gasteiger partial charge in [-0.05, 0) is 30.3 Å². The smallest absolute Gasteiger partial charge is 0.321 e. The van der Waals surface area contributed by atoms with Crippen molar-refractivity contribution < 1.29 is 9.53 Å². The van der Waals surface area contributed by atoms with Gasteiger partial charge in [-0.1, -0.05) is 23.7 Å². The molecule has 0 saturated carbocycles. The van der Waals surface area contributed by atoms with Crippen LogP contribution >= 0.6 is 11.6 Å². The Morgan fingerprint density at radius 2 is 1.83 bits per heavy atom. The van der Waals surface area contributed by atoms with Crippen LogP contribution in [0.5, 0.6) is 5.75 Å². The van der Waals surface area contributed by atoms with Gasteiger partial charge in [0.05, 0.1) is 7.11 Å². The van der Waals surface area contributed by atoms with Gasteiger partial charge >= 0.3 is 6.03 Å². The molecule has 1 heterocycles. The molecule has 2 amide bonds. The Labute approximate surface area is 146 Å². The number of anilines is 2. The molecule has 0 aromatic heterocycles. The second kappa shape index (κ2) is 7.45. The number of carbonyl (C=O) groups excluding carboxylic acids is 1. The normalized spacial score (nSPS) is 14.4. The van der Waals surface area contributed by atoms with Gasteiger partial charge in [0.1, 0.15) is 5.75 Å². The number of nitrogens with one attached hydrogen (secondary N) is 1. The average molecular weight is 346 g/mol. The van der Waals surface area contributed by atoms with Crippen LogP contribution in [0.3, 0.4) is 0 Å². The third-order valence-electron chi connectivity index (χ3n) is 4.06. The van der Waals surface area contributed by atoms with Crippen LogP contribution in [-0.2, 0) is 0 Å². The molecule has 0 aliphatic carbocycles. The van der Waals surface area contributed by atoms with Crippen molar-refractivity contribution in [3.05, 3.63) is 53.6 Å². The highest BCUT2D eigenvalue weighted by atomic mass is 35.5. The molecule has 0 bridgehead atoms. The molecule has 1 saturated heterocycles. The molecule has 126 valence electrons. The number of hydrogen-bond donors (Lipinski definition) is 1. The fraction of sp³-hybridized carbons (Fsp3) is 0.278. The van der Waals surface area contributed by atoms with Gasteiger partial charge < -0.3 is 19.9 Å². The lowest BCUT2D eigenvalue weighted by molar-refractivity contribution is 0.208. The first-order valence-electron chi connectivity index (χ1n) is 7.86. The fourth-order valence-corrected chi connectivity index (χ4v) is 2.93. The number of carbonyl (C=O) groups is 1. The Hall–Kier alpha value is -2.40. The minimum atomic E-state index is -0.0949. The number of urea groups is 1. The van der Waals surface area contributed by atoms with Gasteiger partial charge in [-0.15, -0.1) is 0 Å². The van der Waals surface area contributed by atoms with Gasteiger partial charge in [0.2, 0.25) is 0 Å². The van der Waals surface area contributed by atoms with Crippen LogP contribution in [0.2, 0.25) is 5.02 Å². The molecular weight excluding hydrogens is 326 g/mol. The zero-order chi connectivity index (χ0) is 16.9. The Kier molecular flexibility index (Phi) is 5.11. The predicted octanol–water partition coefficient (Wildman–Crippen LogP) is 3.70. The maximum Gasteiger partial charge on any atom is 0.321 e. The number of methoxy groups -OCH3 is 1. The summed E-state index contributed by atoms with van der Waals surface area (Å²) in [6.45, 7) is 2.92. The number of ether oxygens (including phenoxy) is 1. The van der Waals surface area contributed by atoms with Gasteiger partial charge in [0, 0.05) is 48.6 Å². The van der Waals surface area contributed by atoms with Gasteiger partial charge in [-0.3, -0.25) is 0 Å². The minimum absolute atomic E-state index is 0.0949. The third kappa shape index (κ3) is 3.92. The summed E-state index contributed by atoms with van der Waals surface area (Å²) in [5.74, 6) is 0.841. The second-order valence-corrected chi connectivity index (χ2v) is 6.05. The van der Waals surface area contributed by atoms with E-state index in [1.165, 1.54) is 0 Å². The number of hydrogen-bond acceptors (Lipinski definition) is 3. The molecule has 0 atom stereocenters. The van der Waals surface area contributed by atoms with Crippen molar-refractivity contribution >= 4 is 29.0 Å². The number of amides is 2. The lowest BCUT2D eigenvalue weighted by atomic mass is 10.2. The molecule has 3 rings (SSSR count). The van der Waals surface area contributed by atoms with Crippen molar-refractivity contribution in [2.75, 3.05) is 43.5 Å². The van der Waals surface area contributed by atoms with Crippen LogP contribution in [0, 0.1) is 0 Å². The van der Waals surface area contributed by atoms with Crippen LogP contribution in [0.25, 0.3) is 0 Å². The first-order chi connectivity index (χ1) is 11.7. The molecular formula is C18H20ClN3O2. The molecule has 1 fully saturated rings. The highest BCUT2D eigenvalue weighted by Gasteiger charge is 2.21. The van der Waals surface area contributed by atoms with E-state index in [-0.39, 0.29) is 6.03 Å². The van der Waals surface area contributed by atoms with Crippen LogP contribution in [0.15, 0.2) is 48.5 Å². The second-order valence-electron chi connectivity index (χ2n) is 5.62. The van der Waals surface area contributed by atoms with Crippen molar-refractivity contribution in [1.29, 1.82) is 0 Å². The minimum Gasteiger partial charge on any atom is -0.497 e. The molecule has 1 aliphatic rings. The molecule has 1 aliphatic heterocycles. The number of nitrogens with zero attached hydrogens (tertiary/aromatic N) is 2. The van der Waals surface area contributed by atoms with Crippen molar-refractivity contribution in [3.8, 4) is 5.75 Å². The zero-order valence-corrected chi connectivity index (χ0v) is 14.3. The molecule has 1 N–H and O–H groups in total. The summed E-state index contributed by atoms with van der Waals surface area (Å²) in [5, 5.41) is 3.50. The first kappa shape index (κ1) is 16.5. The summed E-state index contributed by atoms with van der Waals surface area (Å²) in [7, 11) is 1.66. The van der Waals surface area contributed by atoms with E-state index in [2.05, 4.69) is 16.3 Å². The fourth-order valence-electron chi connectivity index (χ4n) is 2.74. The average Bonchev–Trinajstić information content (AvgIpc) is 2.62. The van der Waals surface area contributed by atoms with Gasteiger partial charge in [-0.25, -0.2) is 4.79 Å². The van der Waals surface area contributed by atoms with Crippen LogP contribution in [0.4, 0.5) is 16.2 Å². The summed E-state index contributed by atoms with van der Waals surface area (Å²) in [6.07, 6.45) is 0. The SMILES string of the molecule is COc1cccc(N2CCN(C(=O)Nc3cccc(Cl)c3)CC2)c1. The van der Waals surface area contributed by atoms with Gasteiger partial charge in [0.25, 0.3) is 0 Å². The molecule has 6 heteroatoms. The van der Waals surface area contributed by atoms with E-state index in [0.29, 0.717) is 23.8 Å². The molecule has 2 aromatic rings. The van der Waals surface area contributed by atoms with Crippen LogP contribution < -0.4 is 15.0 Å². The van der Waals surface area contributed by atoms with E-state index in [4.69, 9.17) is 16.3 Å². The Balaban J connectivity index is 1.57. The highest BCUT2D eigenvalue weighted by Crippen LogP contribution is 2.22. The van der Waals surface area contributed by atoms with Crippen LogP contribution in [0.1, 0.15) is 0 Å². The topological polar surface area (TPSA) is 44.8 Å². The third-order valence-corrected chi connectivity index (χ3v) is 4.30. The Bertz CT molecular complexity index is 715. The van der Waals surface area contributed by atoms with E-state index < -0.39 is 0 Å². The van der Waals surface area contributed by atoms with E-state index >= 15 is 0 Å². The quantitative estimate of drug-likeness (QED) is 0.922. The lowest BCUT2D eigenvalue weighted by Gasteiger charge is -2.36. The summed E-state index contributed by atoms with van der Waals surface area (Å²) in [6, 6.07) is 15.1. The molecule has 2 aromatic carbocycles. The van der Waals surface area contributed by atoms with Gasteiger partial charge in [0.15, 0.2) is 0 Å². The predicted molar refractivity (Wildman–Crippen MR) is 97.3 cm³/mol. The van der Waals surface area contributed by atoms with E-state index in [1.54, 1.807) is 19.2 Å². The van der Waals surface area contributed by atoms with Crippen molar-refractivity contribution in [1.82, 2.24) is 4.90 Å². The van der Waals surface area contributed by atoms with Gasteiger partial charge in [-0.2, -0.15) is 0 Å². The Morgan fingerprint density at radius 1 is 1.08 bits per heavy atom. The number of rotatable bonds is 3. The standard InChI is InChI=1S/C18H20ClN3O2/c1-24-17-7-3-6-16(13-17)21-8-10-22(11-9-21)18(23)20-15-5-2-4-14(19)12-15/h2-7,12-13H,8-11H2,1H3,(H,20,23). The van der Waals surface area contributed by atoms with Crippen LogP contribution in [-0.4, -0.2) is 44.2 Å². The summed E-state index contributed by atoms with van der Waals surface area (Å²) < 4.78 is 5.27. The maximum atomic E-state index is 12.4. The summed E-state index contributed by atoms with van der Waals surface area (Å²) >= 11 is 5.94. The summed E-state index contributed by atoms with van der Waals surface area (Å²) in [5.41, 5.74) is 1.83. The lowest BCUT2D eigenvalue weighted by Crippen LogP contribution is -2.50. The maximum absolute atomic E-state index is 12.4. The monoisotopic (exact) mass is 345 g/mol. The Morgan fingerprint density at radius 3 is 2.54 bits per heavy atom. The summed E-state index contributed by atoms with van der Waals surface area (Å²) in [4.78, 5) is 16.4. The van der Waals surface area contributed by atoms with E-state index in [9.17, 15) is 4.79 Å². The molecule has 0 spiro atoms. The zero-order valence-electron chi connectivity index (χ0n) is 13.5. The largest absolute Gasteiger partial charge is 0.497 e. The van der Waals surface area contributed by atoms with E-state index in [1.807, 2.05) is 35.2 Å². The number of benzene rings is 2. The van der Waals surface area contributed by atoms with E-state index in [0.717, 1.165) is 24.5 Å². The molecule has 5 nitrogen and oxygen atoms in total. The molecule has 0 radical (unpaired) electrons. The van der Waals surface area contributed by atoms with Crippen molar-refractivity contribution in [2.24, 2.45) is 0 Å².